The van der Waals surface area contributed by atoms with Gasteiger partial charge in [0.25, 0.3) is 0 Å². The largest absolute Gasteiger partial charge is 0.472 e. The number of esters is 4. The average Bonchev–Trinajstić information content (AvgIpc) is 1.14. The molecule has 0 spiro atoms. The Labute approximate surface area is 583 Å². The van der Waals surface area contributed by atoms with Crippen molar-refractivity contribution in [2.75, 3.05) is 39.6 Å². The zero-order chi connectivity index (χ0) is 70.4. The van der Waals surface area contributed by atoms with E-state index in [1.165, 1.54) is 122 Å². The molecule has 0 aliphatic rings. The van der Waals surface area contributed by atoms with Gasteiger partial charge in [-0.1, -0.05) is 305 Å². The van der Waals surface area contributed by atoms with E-state index in [0.717, 1.165) is 122 Å². The first-order chi connectivity index (χ1) is 46.7. The summed E-state index contributed by atoms with van der Waals surface area (Å²) in [6.45, 7) is 4.60. The second-order valence-electron chi connectivity index (χ2n) is 25.2. The number of aliphatic hydroxyl groups excluding tert-OH is 1. The number of allylic oxidation sites excluding steroid dienone is 13. The summed E-state index contributed by atoms with van der Waals surface area (Å²) in [7, 11) is -9.96. The summed E-state index contributed by atoms with van der Waals surface area (Å²) in [6, 6.07) is 0. The van der Waals surface area contributed by atoms with Crippen molar-refractivity contribution in [1.82, 2.24) is 0 Å². The topological polar surface area (TPSA) is 237 Å². The van der Waals surface area contributed by atoms with E-state index < -0.39 is 97.5 Å². The molecule has 0 rings (SSSR count). The number of carbonyl (C=O) groups is 4. The lowest BCUT2D eigenvalue weighted by Gasteiger charge is -2.21. The van der Waals surface area contributed by atoms with Gasteiger partial charge in [0, 0.05) is 19.3 Å². The summed E-state index contributed by atoms with van der Waals surface area (Å²) >= 11 is 0. The van der Waals surface area contributed by atoms with Crippen LogP contribution in [0.1, 0.15) is 323 Å². The Kier molecular flexibility index (Phi) is 67.0. The number of phosphoric ester groups is 2. The predicted octanol–water partition coefficient (Wildman–Crippen LogP) is 21.4. The molecule has 0 aromatic carbocycles. The van der Waals surface area contributed by atoms with Crippen LogP contribution in [-0.4, -0.2) is 96.7 Å². The first-order valence-electron chi connectivity index (χ1n) is 37.8. The third-order valence-corrected chi connectivity index (χ3v) is 17.8. The molecule has 0 saturated heterocycles. The van der Waals surface area contributed by atoms with Crippen molar-refractivity contribution >= 4 is 39.5 Å². The smallest absolute Gasteiger partial charge is 0.462 e. The van der Waals surface area contributed by atoms with Crippen LogP contribution in [0.15, 0.2) is 85.1 Å². The molecule has 5 atom stereocenters. The lowest BCUT2D eigenvalue weighted by atomic mass is 10.0. The second kappa shape index (κ2) is 69.7. The summed E-state index contributed by atoms with van der Waals surface area (Å²) in [5.41, 5.74) is 0. The van der Waals surface area contributed by atoms with Crippen molar-refractivity contribution in [2.24, 2.45) is 0 Å². The van der Waals surface area contributed by atoms with E-state index in [1.54, 1.807) is 6.08 Å². The van der Waals surface area contributed by atoms with Crippen molar-refractivity contribution in [3.63, 3.8) is 0 Å². The van der Waals surface area contributed by atoms with E-state index >= 15 is 0 Å². The Morgan fingerprint density at radius 3 is 0.969 bits per heavy atom. The van der Waals surface area contributed by atoms with Crippen LogP contribution >= 0.6 is 15.6 Å². The Bertz CT molecular complexity index is 2160. The third-order valence-electron chi connectivity index (χ3n) is 15.9. The van der Waals surface area contributed by atoms with Gasteiger partial charge in [0.2, 0.25) is 0 Å². The van der Waals surface area contributed by atoms with E-state index in [9.17, 15) is 43.2 Å². The summed E-state index contributed by atoms with van der Waals surface area (Å²) in [6.07, 6.45) is 70.4. The van der Waals surface area contributed by atoms with E-state index in [4.69, 9.17) is 37.0 Å². The number of carbonyl (C=O) groups excluding carboxylic acids is 4. The highest BCUT2D eigenvalue weighted by Crippen LogP contribution is 2.45. The number of aliphatic hydroxyl groups is 1. The van der Waals surface area contributed by atoms with Gasteiger partial charge >= 0.3 is 39.5 Å². The first kappa shape index (κ1) is 92.2. The summed E-state index contributed by atoms with van der Waals surface area (Å²) in [5.74, 6) is -2.32. The molecule has 17 nitrogen and oxygen atoms in total. The number of ether oxygens (including phenoxy) is 4. The molecule has 0 heterocycles. The molecule has 0 amide bonds. The zero-order valence-electron chi connectivity index (χ0n) is 60.5. The van der Waals surface area contributed by atoms with Gasteiger partial charge in [0.15, 0.2) is 12.2 Å². The van der Waals surface area contributed by atoms with Crippen LogP contribution in [-0.2, 0) is 65.4 Å². The molecule has 0 aliphatic carbocycles. The van der Waals surface area contributed by atoms with Gasteiger partial charge in [-0.05, 0) is 77.0 Å². The fourth-order valence-electron chi connectivity index (χ4n) is 10.2. The molecule has 0 fully saturated rings. The Balaban J connectivity index is 5.38. The van der Waals surface area contributed by atoms with Crippen molar-refractivity contribution in [3.8, 4) is 0 Å². The first-order valence-corrected chi connectivity index (χ1v) is 40.8. The Morgan fingerprint density at radius 1 is 0.312 bits per heavy atom. The third kappa shape index (κ3) is 68.8. The summed E-state index contributed by atoms with van der Waals surface area (Å²) < 4.78 is 68.3. The number of hydrogen-bond acceptors (Lipinski definition) is 15. The SMILES string of the molecule is CC/C=C\C/C=C\C/C=C\C/C=C\C/C=C\CC(=O)OCC(COP(=O)(O)OCC(O)COP(=O)(O)OCC(COC(=O)CCCCCCCCCCCCCCCCC)OC(=O)CCCCCCCCCCCCCCC)OC(=O)CCCCCCC/C=C\C/C=C\CCC. The van der Waals surface area contributed by atoms with E-state index in [-0.39, 0.29) is 25.7 Å². The minimum absolute atomic E-state index is 0.0603. The molecule has 0 bridgehead atoms. The summed E-state index contributed by atoms with van der Waals surface area (Å²) in [4.78, 5) is 72.7. The van der Waals surface area contributed by atoms with E-state index in [1.807, 2.05) is 18.2 Å². The maximum absolute atomic E-state index is 13.1. The quantitative estimate of drug-likeness (QED) is 0.0169. The van der Waals surface area contributed by atoms with Gasteiger partial charge in [0.05, 0.1) is 32.8 Å². The molecular formula is C77H136O17P2. The minimum Gasteiger partial charge on any atom is -0.462 e. The fraction of sp³-hybridized carbons (Fsp3) is 0.766. The second-order valence-corrected chi connectivity index (χ2v) is 28.1. The monoisotopic (exact) mass is 1390 g/mol. The van der Waals surface area contributed by atoms with Gasteiger partial charge in [-0.25, -0.2) is 9.13 Å². The summed E-state index contributed by atoms with van der Waals surface area (Å²) in [5, 5.41) is 10.6. The van der Waals surface area contributed by atoms with Gasteiger partial charge in [-0.15, -0.1) is 0 Å². The molecule has 0 saturated carbocycles. The average molecular weight is 1400 g/mol. The van der Waals surface area contributed by atoms with Gasteiger partial charge in [-0.2, -0.15) is 0 Å². The number of hydrogen-bond donors (Lipinski definition) is 3. The molecule has 5 unspecified atom stereocenters. The fourth-order valence-corrected chi connectivity index (χ4v) is 11.7. The zero-order valence-corrected chi connectivity index (χ0v) is 62.3. The maximum Gasteiger partial charge on any atom is 0.472 e. The number of unbranched alkanes of at least 4 members (excludes halogenated alkanes) is 32. The van der Waals surface area contributed by atoms with Crippen LogP contribution in [0, 0.1) is 0 Å². The molecular weight excluding hydrogens is 1260 g/mol. The molecule has 0 aliphatic heterocycles. The highest BCUT2D eigenvalue weighted by molar-refractivity contribution is 7.47. The minimum atomic E-state index is -4.99. The van der Waals surface area contributed by atoms with E-state index in [0.29, 0.717) is 25.7 Å². The standard InChI is InChI=1S/C77H136O17P2/c1-5-9-13-17-21-25-29-33-35-39-41-45-49-53-57-61-74(79)87-67-72(93-76(81)63-59-55-51-47-43-37-31-27-23-19-15-11-7-3)69-91-95(83,84)89-65-71(78)66-90-96(85,86)92-70-73(94-77(82)64-60-56-52-48-44-38-32-28-24-20-16-12-8-4)68-88-75(80)62-58-54-50-46-42-40-36-34-30-26-22-18-14-10-6-2/h9,13,15,19,21,25,27,31,33,35,41,45,53,57,71-73,78H,5-8,10-12,14,16-18,20,22-24,26,28-30,32,34,36-40,42-44,46-52,54-56,58-70H2,1-4H3,(H,83,84)(H,85,86)/b13-9-,19-15-,25-21-,31-27-,35-33-,45-41-,57-53-. The van der Waals surface area contributed by atoms with Crippen molar-refractivity contribution in [2.45, 2.75) is 341 Å². The lowest BCUT2D eigenvalue weighted by molar-refractivity contribution is -0.161. The lowest BCUT2D eigenvalue weighted by Crippen LogP contribution is -2.30. The van der Waals surface area contributed by atoms with Crippen LogP contribution < -0.4 is 0 Å². The molecule has 3 N–H and O–H groups in total. The Morgan fingerprint density at radius 2 is 0.604 bits per heavy atom. The van der Waals surface area contributed by atoms with Crippen LogP contribution in [0.2, 0.25) is 0 Å². The molecule has 0 aromatic heterocycles. The molecule has 0 radical (unpaired) electrons. The van der Waals surface area contributed by atoms with Gasteiger partial charge in [0.1, 0.15) is 19.3 Å². The molecule has 96 heavy (non-hydrogen) atoms. The molecule has 19 heteroatoms. The Hall–Kier alpha value is -3.76. The van der Waals surface area contributed by atoms with Crippen LogP contribution in [0.25, 0.3) is 0 Å². The van der Waals surface area contributed by atoms with Gasteiger partial charge in [-0.3, -0.25) is 37.3 Å². The predicted molar refractivity (Wildman–Crippen MR) is 390 cm³/mol. The normalized spacial score (nSPS) is 14.4. The highest BCUT2D eigenvalue weighted by atomic mass is 31.2. The maximum atomic E-state index is 13.1. The highest BCUT2D eigenvalue weighted by Gasteiger charge is 2.30. The van der Waals surface area contributed by atoms with Crippen molar-refractivity contribution < 1.29 is 80.2 Å². The van der Waals surface area contributed by atoms with Crippen molar-refractivity contribution in [3.05, 3.63) is 85.1 Å². The van der Waals surface area contributed by atoms with E-state index in [2.05, 4.69) is 88.5 Å². The van der Waals surface area contributed by atoms with Crippen LogP contribution in [0.3, 0.4) is 0 Å². The molecule has 0 aromatic rings. The van der Waals surface area contributed by atoms with Gasteiger partial charge < -0.3 is 33.8 Å². The number of rotatable bonds is 71. The molecule has 556 valence electrons. The van der Waals surface area contributed by atoms with Crippen molar-refractivity contribution in [1.29, 1.82) is 0 Å². The van der Waals surface area contributed by atoms with Crippen LogP contribution in [0.5, 0.6) is 0 Å². The van der Waals surface area contributed by atoms with Crippen LogP contribution in [0.4, 0.5) is 0 Å². The number of phosphoric acid groups is 2.